The summed E-state index contributed by atoms with van der Waals surface area (Å²) in [6.45, 7) is 4.36. The lowest BCUT2D eigenvalue weighted by Gasteiger charge is -2.12. The fraction of sp³-hybridized carbons (Fsp3) is 0.211. The van der Waals surface area contributed by atoms with Crippen LogP contribution in [0.5, 0.6) is 0 Å². The third-order valence-electron chi connectivity index (χ3n) is 3.96. The zero-order chi connectivity index (χ0) is 16.9. The Morgan fingerprint density at radius 1 is 1.17 bits per heavy atom. The SMILES string of the molecule is Cc1cccc(-c2cccc(CNC(=O)[C@H](C)n3cncn3)c2)c1. The van der Waals surface area contributed by atoms with Gasteiger partial charge in [-0.25, -0.2) is 9.67 Å². The van der Waals surface area contributed by atoms with E-state index in [1.54, 1.807) is 17.9 Å². The van der Waals surface area contributed by atoms with Gasteiger partial charge in [0.25, 0.3) is 0 Å². The number of amides is 1. The van der Waals surface area contributed by atoms with Crippen LogP contribution in [0.25, 0.3) is 11.1 Å². The zero-order valence-corrected chi connectivity index (χ0v) is 13.8. The topological polar surface area (TPSA) is 59.8 Å². The van der Waals surface area contributed by atoms with Crippen molar-refractivity contribution in [2.24, 2.45) is 0 Å². The molecule has 0 aliphatic rings. The van der Waals surface area contributed by atoms with Gasteiger partial charge in [0.05, 0.1) is 0 Å². The normalized spacial score (nSPS) is 11.9. The second-order valence-electron chi connectivity index (χ2n) is 5.84. The minimum Gasteiger partial charge on any atom is -0.350 e. The van der Waals surface area contributed by atoms with E-state index in [0.717, 1.165) is 11.1 Å². The number of carbonyl (C=O) groups is 1. The van der Waals surface area contributed by atoms with Crippen LogP contribution in [0.2, 0.25) is 0 Å². The van der Waals surface area contributed by atoms with Crippen LogP contribution in [0.1, 0.15) is 24.1 Å². The number of aryl methyl sites for hydroxylation is 1. The van der Waals surface area contributed by atoms with Crippen molar-refractivity contribution in [3.8, 4) is 11.1 Å². The van der Waals surface area contributed by atoms with Gasteiger partial charge in [-0.2, -0.15) is 5.10 Å². The number of hydrogen-bond acceptors (Lipinski definition) is 3. The largest absolute Gasteiger partial charge is 0.350 e. The average Bonchev–Trinajstić information content (AvgIpc) is 3.14. The molecule has 0 radical (unpaired) electrons. The first kappa shape index (κ1) is 15.9. The lowest BCUT2D eigenvalue weighted by molar-refractivity contribution is -0.124. The van der Waals surface area contributed by atoms with Crippen LogP contribution in [0, 0.1) is 6.92 Å². The Hall–Kier alpha value is -2.95. The predicted octanol–water partition coefficient (Wildman–Crippen LogP) is 3.13. The smallest absolute Gasteiger partial charge is 0.244 e. The standard InChI is InChI=1S/C19H20N4O/c1-14-5-3-7-17(9-14)18-8-4-6-16(10-18)11-21-19(24)15(2)23-13-20-12-22-23/h3-10,12-13,15H,11H2,1-2H3,(H,21,24)/t15-/m0/s1. The molecule has 0 saturated heterocycles. The Bertz CT molecular complexity index is 827. The highest BCUT2D eigenvalue weighted by Gasteiger charge is 2.14. The van der Waals surface area contributed by atoms with Gasteiger partial charge in [-0.05, 0) is 36.6 Å². The van der Waals surface area contributed by atoms with Crippen LogP contribution in [-0.4, -0.2) is 20.7 Å². The average molecular weight is 320 g/mol. The molecule has 0 spiro atoms. The van der Waals surface area contributed by atoms with Crippen molar-refractivity contribution in [3.05, 3.63) is 72.3 Å². The molecular formula is C19H20N4O. The Kier molecular flexibility index (Phi) is 4.70. The zero-order valence-electron chi connectivity index (χ0n) is 13.8. The molecule has 0 bridgehead atoms. The van der Waals surface area contributed by atoms with Gasteiger partial charge in [-0.1, -0.05) is 48.0 Å². The van der Waals surface area contributed by atoms with E-state index < -0.39 is 0 Å². The molecule has 1 atom stereocenters. The van der Waals surface area contributed by atoms with Crippen molar-refractivity contribution in [2.75, 3.05) is 0 Å². The van der Waals surface area contributed by atoms with E-state index in [-0.39, 0.29) is 11.9 Å². The van der Waals surface area contributed by atoms with Gasteiger partial charge in [0.15, 0.2) is 0 Å². The fourth-order valence-corrected chi connectivity index (χ4v) is 2.56. The highest BCUT2D eigenvalue weighted by molar-refractivity contribution is 5.79. The number of rotatable bonds is 5. The molecular weight excluding hydrogens is 300 g/mol. The number of benzene rings is 2. The van der Waals surface area contributed by atoms with Crippen LogP contribution >= 0.6 is 0 Å². The molecule has 0 unspecified atom stereocenters. The molecule has 1 amide bonds. The van der Waals surface area contributed by atoms with Crippen molar-refractivity contribution in [3.63, 3.8) is 0 Å². The van der Waals surface area contributed by atoms with E-state index in [4.69, 9.17) is 0 Å². The van der Waals surface area contributed by atoms with Gasteiger partial charge < -0.3 is 5.32 Å². The molecule has 5 nitrogen and oxygen atoms in total. The first-order valence-corrected chi connectivity index (χ1v) is 7.91. The molecule has 1 N–H and O–H groups in total. The summed E-state index contributed by atoms with van der Waals surface area (Å²) in [6.07, 6.45) is 2.97. The van der Waals surface area contributed by atoms with Crippen molar-refractivity contribution in [1.29, 1.82) is 0 Å². The van der Waals surface area contributed by atoms with E-state index in [1.165, 1.54) is 17.5 Å². The summed E-state index contributed by atoms with van der Waals surface area (Å²) in [6, 6.07) is 16.2. The summed E-state index contributed by atoms with van der Waals surface area (Å²) in [4.78, 5) is 16.1. The monoisotopic (exact) mass is 320 g/mol. The van der Waals surface area contributed by atoms with Crippen molar-refractivity contribution < 1.29 is 4.79 Å². The van der Waals surface area contributed by atoms with Gasteiger partial charge in [0, 0.05) is 6.54 Å². The van der Waals surface area contributed by atoms with Crippen LogP contribution in [-0.2, 0) is 11.3 Å². The minimum atomic E-state index is -0.382. The summed E-state index contributed by atoms with van der Waals surface area (Å²) < 4.78 is 1.54. The van der Waals surface area contributed by atoms with Gasteiger partial charge >= 0.3 is 0 Å². The van der Waals surface area contributed by atoms with Crippen LogP contribution in [0.3, 0.4) is 0 Å². The Balaban J connectivity index is 1.68. The van der Waals surface area contributed by atoms with Crippen LogP contribution in [0.15, 0.2) is 61.2 Å². The summed E-state index contributed by atoms with van der Waals surface area (Å²) >= 11 is 0. The Morgan fingerprint density at radius 3 is 2.62 bits per heavy atom. The maximum Gasteiger partial charge on any atom is 0.244 e. The Labute approximate surface area is 141 Å². The van der Waals surface area contributed by atoms with E-state index in [9.17, 15) is 4.79 Å². The third kappa shape index (κ3) is 3.68. The number of nitrogens with one attached hydrogen (secondary N) is 1. The molecule has 2 aromatic carbocycles. The molecule has 0 aliphatic carbocycles. The number of carbonyl (C=O) groups excluding carboxylic acids is 1. The fourth-order valence-electron chi connectivity index (χ4n) is 2.56. The summed E-state index contributed by atoms with van der Waals surface area (Å²) in [5.74, 6) is -0.0820. The molecule has 122 valence electrons. The van der Waals surface area contributed by atoms with Crippen LogP contribution < -0.4 is 5.32 Å². The first-order valence-electron chi connectivity index (χ1n) is 7.91. The van der Waals surface area contributed by atoms with Crippen LogP contribution in [0.4, 0.5) is 0 Å². The van der Waals surface area contributed by atoms with Gasteiger partial charge in [0.1, 0.15) is 18.7 Å². The summed E-state index contributed by atoms with van der Waals surface area (Å²) in [7, 11) is 0. The number of aromatic nitrogens is 3. The molecule has 1 heterocycles. The van der Waals surface area contributed by atoms with Crippen molar-refractivity contribution in [2.45, 2.75) is 26.4 Å². The maximum atomic E-state index is 12.2. The second kappa shape index (κ2) is 7.08. The third-order valence-corrected chi connectivity index (χ3v) is 3.96. The van der Waals surface area contributed by atoms with Crippen molar-refractivity contribution >= 4 is 5.91 Å². The number of hydrogen-bond donors (Lipinski definition) is 1. The van der Waals surface area contributed by atoms with Gasteiger partial charge in [-0.3, -0.25) is 4.79 Å². The molecule has 3 rings (SSSR count). The first-order chi connectivity index (χ1) is 11.6. The molecule has 3 aromatic rings. The van der Waals surface area contributed by atoms with Gasteiger partial charge in [0.2, 0.25) is 5.91 Å². The second-order valence-corrected chi connectivity index (χ2v) is 5.84. The van der Waals surface area contributed by atoms with E-state index in [0.29, 0.717) is 6.54 Å². The molecule has 0 saturated carbocycles. The summed E-state index contributed by atoms with van der Waals surface area (Å²) in [5, 5.41) is 6.95. The molecule has 5 heteroatoms. The highest BCUT2D eigenvalue weighted by atomic mass is 16.2. The van der Waals surface area contributed by atoms with Crippen molar-refractivity contribution in [1.82, 2.24) is 20.1 Å². The van der Waals surface area contributed by atoms with Gasteiger partial charge in [-0.15, -0.1) is 0 Å². The summed E-state index contributed by atoms with van der Waals surface area (Å²) in [5.41, 5.74) is 4.62. The van der Waals surface area contributed by atoms with E-state index >= 15 is 0 Å². The highest BCUT2D eigenvalue weighted by Crippen LogP contribution is 2.21. The molecule has 0 aliphatic heterocycles. The Morgan fingerprint density at radius 2 is 1.92 bits per heavy atom. The lowest BCUT2D eigenvalue weighted by Crippen LogP contribution is -2.30. The molecule has 24 heavy (non-hydrogen) atoms. The predicted molar refractivity (Wildman–Crippen MR) is 93.2 cm³/mol. The van der Waals surface area contributed by atoms with E-state index in [1.807, 2.05) is 12.1 Å². The number of nitrogens with zero attached hydrogens (tertiary/aromatic N) is 3. The molecule has 0 fully saturated rings. The maximum absolute atomic E-state index is 12.2. The van der Waals surface area contributed by atoms with E-state index in [2.05, 4.69) is 58.7 Å². The quantitative estimate of drug-likeness (QED) is 0.785. The molecule has 1 aromatic heterocycles. The minimum absolute atomic E-state index is 0.0820. The lowest BCUT2D eigenvalue weighted by atomic mass is 10.0.